The summed E-state index contributed by atoms with van der Waals surface area (Å²) in [6.45, 7) is 2.01. The SMILES string of the molecule is Cc1cc(COC(=O)C2=Cc3cc(Cl)ccc3OC2)no1. The Morgan fingerprint density at radius 1 is 1.43 bits per heavy atom. The molecule has 1 aliphatic heterocycles. The number of hydrogen-bond donors (Lipinski definition) is 0. The van der Waals surface area contributed by atoms with Crippen molar-refractivity contribution in [3.63, 3.8) is 0 Å². The first-order valence-electron chi connectivity index (χ1n) is 6.34. The number of aromatic nitrogens is 1. The molecule has 1 aliphatic rings. The Labute approximate surface area is 126 Å². The van der Waals surface area contributed by atoms with Crippen LogP contribution in [-0.2, 0) is 16.1 Å². The number of esters is 1. The van der Waals surface area contributed by atoms with E-state index in [1.807, 2.05) is 0 Å². The average molecular weight is 306 g/mol. The first-order chi connectivity index (χ1) is 10.1. The zero-order valence-corrected chi connectivity index (χ0v) is 12.0. The molecule has 0 N–H and O–H groups in total. The highest BCUT2D eigenvalue weighted by Crippen LogP contribution is 2.29. The van der Waals surface area contributed by atoms with Crippen LogP contribution in [0.2, 0.25) is 5.02 Å². The van der Waals surface area contributed by atoms with E-state index in [9.17, 15) is 4.79 Å². The maximum Gasteiger partial charge on any atom is 0.337 e. The Kier molecular flexibility index (Phi) is 3.66. The zero-order chi connectivity index (χ0) is 14.8. The number of hydrogen-bond acceptors (Lipinski definition) is 5. The second-order valence-electron chi connectivity index (χ2n) is 4.65. The van der Waals surface area contributed by atoms with E-state index in [1.165, 1.54) is 0 Å². The highest BCUT2D eigenvalue weighted by atomic mass is 35.5. The van der Waals surface area contributed by atoms with Crippen molar-refractivity contribution in [1.29, 1.82) is 0 Å². The van der Waals surface area contributed by atoms with Crippen LogP contribution in [0.1, 0.15) is 17.0 Å². The summed E-state index contributed by atoms with van der Waals surface area (Å²) >= 11 is 5.93. The zero-order valence-electron chi connectivity index (χ0n) is 11.3. The lowest BCUT2D eigenvalue weighted by Crippen LogP contribution is -2.17. The molecule has 0 amide bonds. The van der Waals surface area contributed by atoms with Gasteiger partial charge in [0.1, 0.15) is 30.4 Å². The fourth-order valence-corrected chi connectivity index (χ4v) is 2.16. The van der Waals surface area contributed by atoms with Crippen LogP contribution in [0.4, 0.5) is 0 Å². The summed E-state index contributed by atoms with van der Waals surface area (Å²) in [5.41, 5.74) is 1.77. The summed E-state index contributed by atoms with van der Waals surface area (Å²) < 4.78 is 15.6. The van der Waals surface area contributed by atoms with Crippen molar-refractivity contribution in [3.8, 4) is 5.75 Å². The molecule has 0 spiro atoms. The Morgan fingerprint density at radius 2 is 2.29 bits per heavy atom. The second-order valence-corrected chi connectivity index (χ2v) is 5.08. The highest BCUT2D eigenvalue weighted by Gasteiger charge is 2.19. The smallest absolute Gasteiger partial charge is 0.337 e. The van der Waals surface area contributed by atoms with Gasteiger partial charge in [0, 0.05) is 16.7 Å². The van der Waals surface area contributed by atoms with Gasteiger partial charge in [0.25, 0.3) is 0 Å². The third-order valence-electron chi connectivity index (χ3n) is 2.97. The van der Waals surface area contributed by atoms with E-state index >= 15 is 0 Å². The maximum atomic E-state index is 12.0. The van der Waals surface area contributed by atoms with Crippen LogP contribution in [0.3, 0.4) is 0 Å². The molecule has 0 bridgehead atoms. The van der Waals surface area contributed by atoms with Gasteiger partial charge in [0.15, 0.2) is 0 Å². The number of fused-ring (bicyclic) bond motifs is 1. The molecule has 0 fully saturated rings. The lowest BCUT2D eigenvalue weighted by molar-refractivity contribution is -0.140. The molecule has 108 valence electrons. The van der Waals surface area contributed by atoms with Gasteiger partial charge in [-0.1, -0.05) is 16.8 Å². The minimum absolute atomic E-state index is 0.0654. The fraction of sp³-hybridized carbons (Fsp3) is 0.200. The van der Waals surface area contributed by atoms with Crippen LogP contribution in [0.25, 0.3) is 6.08 Å². The quantitative estimate of drug-likeness (QED) is 0.815. The standard InChI is InChI=1S/C15H12ClNO4/c1-9-4-13(17-21-9)8-20-15(18)11-5-10-6-12(16)2-3-14(10)19-7-11/h2-6H,7-8H2,1H3. The molecule has 1 aromatic carbocycles. The molecule has 1 aromatic heterocycles. The number of carbonyl (C=O) groups is 1. The molecule has 2 heterocycles. The van der Waals surface area contributed by atoms with Gasteiger partial charge in [-0.25, -0.2) is 4.79 Å². The summed E-state index contributed by atoms with van der Waals surface area (Å²) in [4.78, 5) is 12.0. The van der Waals surface area contributed by atoms with Crippen molar-refractivity contribution < 1.29 is 18.8 Å². The summed E-state index contributed by atoms with van der Waals surface area (Å²) in [5, 5.41) is 4.34. The monoisotopic (exact) mass is 305 g/mol. The molecule has 6 heteroatoms. The Hall–Kier alpha value is -2.27. The molecule has 21 heavy (non-hydrogen) atoms. The molecule has 5 nitrogen and oxygen atoms in total. The van der Waals surface area contributed by atoms with E-state index < -0.39 is 5.97 Å². The first kappa shape index (κ1) is 13.7. The molecule has 0 unspecified atom stereocenters. The van der Waals surface area contributed by atoms with Crippen molar-refractivity contribution in [2.75, 3.05) is 6.61 Å². The summed E-state index contributed by atoms with van der Waals surface area (Å²) in [7, 11) is 0. The highest BCUT2D eigenvalue weighted by molar-refractivity contribution is 6.30. The Balaban J connectivity index is 1.70. The maximum absolute atomic E-state index is 12.0. The van der Waals surface area contributed by atoms with E-state index in [0.29, 0.717) is 27.8 Å². The van der Waals surface area contributed by atoms with Crippen molar-refractivity contribution in [2.24, 2.45) is 0 Å². The number of ether oxygens (including phenoxy) is 2. The molecular weight excluding hydrogens is 294 g/mol. The van der Waals surface area contributed by atoms with E-state index in [0.717, 1.165) is 5.56 Å². The minimum atomic E-state index is -0.443. The van der Waals surface area contributed by atoms with Crippen LogP contribution in [0.5, 0.6) is 5.75 Å². The average Bonchev–Trinajstić information content (AvgIpc) is 2.89. The van der Waals surface area contributed by atoms with Gasteiger partial charge in [-0.3, -0.25) is 0 Å². The number of carbonyl (C=O) groups excluding carboxylic acids is 1. The van der Waals surface area contributed by atoms with Crippen LogP contribution in [0.15, 0.2) is 34.4 Å². The number of benzene rings is 1. The minimum Gasteiger partial charge on any atom is -0.488 e. The molecule has 2 aromatic rings. The van der Waals surface area contributed by atoms with Gasteiger partial charge in [0.2, 0.25) is 0 Å². The molecular formula is C15H12ClNO4. The molecule has 0 radical (unpaired) electrons. The lowest BCUT2D eigenvalue weighted by atomic mass is 10.1. The number of halogens is 1. The molecule has 0 aliphatic carbocycles. The Bertz CT molecular complexity index is 720. The van der Waals surface area contributed by atoms with E-state index in [2.05, 4.69) is 5.16 Å². The van der Waals surface area contributed by atoms with Gasteiger partial charge in [-0.15, -0.1) is 0 Å². The summed E-state index contributed by atoms with van der Waals surface area (Å²) in [6, 6.07) is 6.97. The predicted molar refractivity (Wildman–Crippen MR) is 76.0 cm³/mol. The normalized spacial score (nSPS) is 13.1. The van der Waals surface area contributed by atoms with Crippen molar-refractivity contribution in [1.82, 2.24) is 5.16 Å². The molecule has 0 saturated carbocycles. The van der Waals surface area contributed by atoms with Gasteiger partial charge in [0.05, 0.1) is 5.57 Å². The van der Waals surface area contributed by atoms with Crippen molar-refractivity contribution >= 4 is 23.6 Å². The third-order valence-corrected chi connectivity index (χ3v) is 3.21. The fourth-order valence-electron chi connectivity index (χ4n) is 1.98. The second kappa shape index (κ2) is 5.61. The largest absolute Gasteiger partial charge is 0.488 e. The third kappa shape index (κ3) is 3.08. The van der Waals surface area contributed by atoms with E-state index in [4.69, 9.17) is 25.6 Å². The Morgan fingerprint density at radius 3 is 3.05 bits per heavy atom. The van der Waals surface area contributed by atoms with Gasteiger partial charge in [-0.05, 0) is 31.2 Å². The van der Waals surface area contributed by atoms with Crippen molar-refractivity contribution in [2.45, 2.75) is 13.5 Å². The topological polar surface area (TPSA) is 61.6 Å². The van der Waals surface area contributed by atoms with Crippen LogP contribution < -0.4 is 4.74 Å². The number of nitrogens with zero attached hydrogens (tertiary/aromatic N) is 1. The van der Waals surface area contributed by atoms with Crippen molar-refractivity contribution in [3.05, 3.63) is 51.9 Å². The predicted octanol–water partition coefficient (Wildman–Crippen LogP) is 3.16. The van der Waals surface area contributed by atoms with E-state index in [-0.39, 0.29) is 13.2 Å². The molecule has 0 atom stereocenters. The van der Waals surface area contributed by atoms with Crippen LogP contribution >= 0.6 is 11.6 Å². The summed E-state index contributed by atoms with van der Waals surface area (Å²) in [6.07, 6.45) is 1.72. The molecule has 0 saturated heterocycles. The van der Waals surface area contributed by atoms with E-state index in [1.54, 1.807) is 37.3 Å². The number of rotatable bonds is 3. The van der Waals surface area contributed by atoms with Crippen LogP contribution in [0, 0.1) is 6.92 Å². The van der Waals surface area contributed by atoms with Gasteiger partial charge < -0.3 is 14.0 Å². The van der Waals surface area contributed by atoms with Gasteiger partial charge in [-0.2, -0.15) is 0 Å². The number of aryl methyl sites for hydroxylation is 1. The van der Waals surface area contributed by atoms with Crippen LogP contribution in [-0.4, -0.2) is 17.7 Å². The molecule has 3 rings (SSSR count). The summed E-state index contributed by atoms with van der Waals surface area (Å²) in [5.74, 6) is 0.925. The first-order valence-corrected chi connectivity index (χ1v) is 6.72. The lowest BCUT2D eigenvalue weighted by Gasteiger charge is -2.17. The van der Waals surface area contributed by atoms with Gasteiger partial charge >= 0.3 is 5.97 Å².